The molecule has 23 heavy (non-hydrogen) atoms. The summed E-state index contributed by atoms with van der Waals surface area (Å²) in [5.41, 5.74) is -1.49. The fourth-order valence-corrected chi connectivity index (χ4v) is 4.66. The van der Waals surface area contributed by atoms with Crippen LogP contribution in [-0.2, 0) is 19.1 Å². The molecule has 1 atom stereocenters. The topological polar surface area (TPSA) is 72.8 Å². The van der Waals surface area contributed by atoms with Crippen molar-refractivity contribution in [1.82, 2.24) is 0 Å². The van der Waals surface area contributed by atoms with Gasteiger partial charge in [-0.15, -0.1) is 11.8 Å². The molecule has 0 radical (unpaired) electrons. The van der Waals surface area contributed by atoms with Gasteiger partial charge >= 0.3 is 11.9 Å². The van der Waals surface area contributed by atoms with Gasteiger partial charge in [-0.1, -0.05) is 26.7 Å². The van der Waals surface area contributed by atoms with E-state index in [0.717, 1.165) is 31.4 Å². The average Bonchev–Trinajstić information content (AvgIpc) is 2.77. The Kier molecular flexibility index (Phi) is 8.91. The van der Waals surface area contributed by atoms with Crippen molar-refractivity contribution in [1.29, 1.82) is 0 Å². The van der Waals surface area contributed by atoms with Crippen molar-refractivity contribution in [2.24, 2.45) is 0 Å². The Morgan fingerprint density at radius 1 is 1.22 bits per heavy atom. The Hall–Kier alpha value is -0.820. The molecule has 132 valence electrons. The molecule has 0 spiro atoms. The first kappa shape index (κ1) is 20.2. The van der Waals surface area contributed by atoms with E-state index in [1.807, 2.05) is 0 Å². The molecule has 0 aromatic carbocycles. The van der Waals surface area contributed by atoms with E-state index in [1.54, 1.807) is 6.92 Å². The van der Waals surface area contributed by atoms with E-state index < -0.39 is 23.3 Å². The summed E-state index contributed by atoms with van der Waals surface area (Å²) in [7, 11) is 0. The van der Waals surface area contributed by atoms with Gasteiger partial charge in [-0.3, -0.25) is 0 Å². The first-order valence-electron chi connectivity index (χ1n) is 8.08. The van der Waals surface area contributed by atoms with E-state index in [1.165, 1.54) is 23.5 Å². The van der Waals surface area contributed by atoms with E-state index in [9.17, 15) is 14.7 Å². The highest BCUT2D eigenvalue weighted by atomic mass is 32.2. The Balaban J connectivity index is 2.99. The minimum absolute atomic E-state index is 0.200. The highest BCUT2D eigenvalue weighted by molar-refractivity contribution is 8.03. The molecule has 1 aliphatic rings. The van der Waals surface area contributed by atoms with Crippen molar-refractivity contribution in [3.63, 3.8) is 0 Å². The number of aliphatic hydroxyl groups excluding tert-OH is 1. The number of thioether (sulfide) groups is 2. The van der Waals surface area contributed by atoms with Crippen molar-refractivity contribution in [2.45, 2.75) is 52.1 Å². The van der Waals surface area contributed by atoms with Crippen molar-refractivity contribution in [2.75, 3.05) is 23.9 Å². The summed E-state index contributed by atoms with van der Waals surface area (Å²) < 4.78 is 10.5. The van der Waals surface area contributed by atoms with Crippen molar-refractivity contribution in [3.8, 4) is 0 Å². The molecular formula is C16H26O5S2. The van der Waals surface area contributed by atoms with Crippen LogP contribution in [-0.4, -0.2) is 46.5 Å². The lowest BCUT2D eigenvalue weighted by Gasteiger charge is -2.27. The van der Waals surface area contributed by atoms with Gasteiger partial charge in [0, 0.05) is 5.75 Å². The number of carbonyl (C=O) groups excluding carboxylic acids is 2. The van der Waals surface area contributed by atoms with E-state index >= 15 is 0 Å². The summed E-state index contributed by atoms with van der Waals surface area (Å²) in [5.74, 6) is -0.0319. The third-order valence-electron chi connectivity index (χ3n) is 3.34. The van der Waals surface area contributed by atoms with Gasteiger partial charge in [0.05, 0.1) is 11.5 Å². The average molecular weight is 363 g/mol. The number of unbranched alkanes of at least 4 members (excludes halogenated alkanes) is 2. The minimum atomic E-state index is -1.49. The number of carbonyl (C=O) groups is 2. The third-order valence-corrected chi connectivity index (χ3v) is 5.83. The van der Waals surface area contributed by atoms with Crippen LogP contribution in [0.2, 0.25) is 0 Å². The third kappa shape index (κ3) is 5.08. The summed E-state index contributed by atoms with van der Waals surface area (Å²) >= 11 is 2.85. The van der Waals surface area contributed by atoms with Crippen LogP contribution in [0.3, 0.4) is 0 Å². The first-order valence-corrected chi connectivity index (χ1v) is 10.2. The van der Waals surface area contributed by atoms with Crippen LogP contribution in [0.25, 0.3) is 0 Å². The van der Waals surface area contributed by atoms with Crippen molar-refractivity contribution in [3.05, 3.63) is 10.7 Å². The van der Waals surface area contributed by atoms with Gasteiger partial charge in [0.1, 0.15) is 0 Å². The second kappa shape index (κ2) is 10.1. The maximum absolute atomic E-state index is 12.5. The van der Waals surface area contributed by atoms with Gasteiger partial charge in [0.25, 0.3) is 5.60 Å². The largest absolute Gasteiger partial charge is 0.501 e. The van der Waals surface area contributed by atoms with Gasteiger partial charge < -0.3 is 14.6 Å². The lowest BCUT2D eigenvalue weighted by molar-refractivity contribution is -0.169. The zero-order valence-electron chi connectivity index (χ0n) is 14.1. The Morgan fingerprint density at radius 3 is 2.48 bits per heavy atom. The van der Waals surface area contributed by atoms with Gasteiger partial charge in [-0.25, -0.2) is 9.59 Å². The van der Waals surface area contributed by atoms with Crippen molar-refractivity contribution >= 4 is 35.5 Å². The predicted molar refractivity (Wildman–Crippen MR) is 94.7 cm³/mol. The van der Waals surface area contributed by atoms with Crippen LogP contribution in [0.15, 0.2) is 10.7 Å². The molecule has 1 heterocycles. The highest BCUT2D eigenvalue weighted by Gasteiger charge is 2.55. The van der Waals surface area contributed by atoms with E-state index in [2.05, 4.69) is 13.8 Å². The van der Waals surface area contributed by atoms with Gasteiger partial charge in [-0.05, 0) is 31.3 Å². The standard InChI is InChI=1S/C16H26O5S2/c1-4-7-9-22-11-16(15(19)20-6-3)13(23-10-8-5-2)12(17)14(18)21-16/h17H,4-11H2,1-3H3. The molecule has 0 aromatic heterocycles. The molecule has 1 N–H and O–H groups in total. The normalized spacial score (nSPS) is 20.7. The summed E-state index contributed by atoms with van der Waals surface area (Å²) in [4.78, 5) is 24.7. The molecule has 0 aliphatic carbocycles. The number of ether oxygens (including phenoxy) is 2. The lowest BCUT2D eigenvalue weighted by atomic mass is 10.1. The number of cyclic esters (lactones) is 1. The van der Waals surface area contributed by atoms with Gasteiger partial charge in [0.15, 0.2) is 0 Å². The van der Waals surface area contributed by atoms with Crippen molar-refractivity contribution < 1.29 is 24.2 Å². The van der Waals surface area contributed by atoms with Crippen LogP contribution < -0.4 is 0 Å². The number of hydrogen-bond acceptors (Lipinski definition) is 7. The lowest BCUT2D eigenvalue weighted by Crippen LogP contribution is -2.45. The molecule has 7 heteroatoms. The molecule has 5 nitrogen and oxygen atoms in total. The molecule has 0 fully saturated rings. The SMILES string of the molecule is CCCCSCC1(C(=O)OCC)OC(=O)C(O)=C1SCCCC. The van der Waals surface area contributed by atoms with Gasteiger partial charge in [0.2, 0.25) is 5.76 Å². The Bertz CT molecular complexity index is 450. The summed E-state index contributed by atoms with van der Waals surface area (Å²) in [6, 6.07) is 0. The van der Waals surface area contributed by atoms with Crippen LogP contribution in [0.4, 0.5) is 0 Å². The van der Waals surface area contributed by atoms with Crippen LogP contribution in [0.5, 0.6) is 0 Å². The van der Waals surface area contributed by atoms with Crippen LogP contribution >= 0.6 is 23.5 Å². The number of hydrogen-bond donors (Lipinski definition) is 1. The fourth-order valence-electron chi connectivity index (χ4n) is 2.04. The molecular weight excluding hydrogens is 336 g/mol. The zero-order chi connectivity index (χ0) is 17.3. The zero-order valence-corrected chi connectivity index (χ0v) is 15.7. The molecule has 0 aromatic rings. The Labute approximate surface area is 146 Å². The van der Waals surface area contributed by atoms with E-state index in [0.29, 0.717) is 10.7 Å². The molecule has 0 saturated heterocycles. The number of rotatable bonds is 11. The maximum Gasteiger partial charge on any atom is 0.375 e. The fraction of sp³-hybridized carbons (Fsp3) is 0.750. The molecule has 0 amide bonds. The molecule has 1 aliphatic heterocycles. The monoisotopic (exact) mass is 362 g/mol. The smallest absolute Gasteiger partial charge is 0.375 e. The molecule has 0 saturated carbocycles. The van der Waals surface area contributed by atoms with Gasteiger partial charge in [-0.2, -0.15) is 11.8 Å². The van der Waals surface area contributed by atoms with Crippen LogP contribution in [0.1, 0.15) is 46.5 Å². The van der Waals surface area contributed by atoms with E-state index in [-0.39, 0.29) is 12.4 Å². The van der Waals surface area contributed by atoms with E-state index in [4.69, 9.17) is 9.47 Å². The molecule has 0 bridgehead atoms. The highest BCUT2D eigenvalue weighted by Crippen LogP contribution is 2.43. The number of aliphatic hydroxyl groups is 1. The second-order valence-electron chi connectivity index (χ2n) is 5.22. The molecule has 1 rings (SSSR count). The summed E-state index contributed by atoms with van der Waals surface area (Å²) in [6.45, 7) is 6.06. The first-order chi connectivity index (χ1) is 11.0. The van der Waals surface area contributed by atoms with Crippen LogP contribution in [0, 0.1) is 0 Å². The Morgan fingerprint density at radius 2 is 1.87 bits per heavy atom. The maximum atomic E-state index is 12.5. The minimum Gasteiger partial charge on any atom is -0.501 e. The summed E-state index contributed by atoms with van der Waals surface area (Å²) in [5, 5.41) is 10.1. The second-order valence-corrected chi connectivity index (χ2v) is 7.43. The summed E-state index contributed by atoms with van der Waals surface area (Å²) in [6.07, 6.45) is 3.99. The predicted octanol–water partition coefficient (Wildman–Crippen LogP) is 3.68. The number of esters is 2. The quantitative estimate of drug-likeness (QED) is 0.444. The molecule has 1 unspecified atom stereocenters.